The lowest BCUT2D eigenvalue weighted by molar-refractivity contribution is -0.132. The van der Waals surface area contributed by atoms with Crippen molar-refractivity contribution in [3.63, 3.8) is 0 Å². The Hall–Kier alpha value is -3.32. The van der Waals surface area contributed by atoms with Crippen molar-refractivity contribution in [2.45, 2.75) is 26.1 Å². The van der Waals surface area contributed by atoms with Crippen LogP contribution in [0.2, 0.25) is 5.02 Å². The molecule has 1 aliphatic rings. The van der Waals surface area contributed by atoms with E-state index >= 15 is 0 Å². The van der Waals surface area contributed by atoms with Gasteiger partial charge in [-0.2, -0.15) is 0 Å². The summed E-state index contributed by atoms with van der Waals surface area (Å²) < 4.78 is 8.67. The van der Waals surface area contributed by atoms with Gasteiger partial charge in [-0.05, 0) is 24.6 Å². The van der Waals surface area contributed by atoms with Crippen molar-refractivity contribution < 1.29 is 9.21 Å². The number of imidazole rings is 1. The Bertz CT molecular complexity index is 1290. The molecule has 0 saturated heterocycles. The van der Waals surface area contributed by atoms with E-state index in [0.717, 1.165) is 30.0 Å². The minimum atomic E-state index is -0.566. The van der Waals surface area contributed by atoms with Crippen LogP contribution in [0.1, 0.15) is 12.2 Å². The number of aryl methyl sites for hydroxylation is 1. The topological polar surface area (TPSA) is 73.3 Å². The number of oxazole rings is 1. The molecule has 152 valence electrons. The molecule has 8 heteroatoms. The third kappa shape index (κ3) is 3.41. The highest BCUT2D eigenvalue weighted by atomic mass is 35.5. The van der Waals surface area contributed by atoms with Gasteiger partial charge in [-0.15, -0.1) is 0 Å². The fraction of sp³-hybridized carbons (Fsp3) is 0.227. The number of nitrogens with zero attached hydrogens (tertiary/aromatic N) is 4. The van der Waals surface area contributed by atoms with E-state index in [1.165, 1.54) is 4.57 Å². The molecule has 4 aromatic rings. The third-order valence-electron chi connectivity index (χ3n) is 5.36. The lowest BCUT2D eigenvalue weighted by Gasteiger charge is -2.19. The van der Waals surface area contributed by atoms with E-state index in [0.29, 0.717) is 29.2 Å². The van der Waals surface area contributed by atoms with Crippen LogP contribution < -0.4 is 5.76 Å². The smallest absolute Gasteiger partial charge is 0.408 e. The van der Waals surface area contributed by atoms with E-state index in [2.05, 4.69) is 4.57 Å². The summed E-state index contributed by atoms with van der Waals surface area (Å²) in [6, 6.07) is 14.9. The lowest BCUT2D eigenvalue weighted by atomic mass is 10.2. The second-order valence-corrected chi connectivity index (χ2v) is 7.77. The Morgan fingerprint density at radius 3 is 2.80 bits per heavy atom. The van der Waals surface area contributed by atoms with Crippen molar-refractivity contribution in [1.29, 1.82) is 0 Å². The maximum Gasteiger partial charge on any atom is 0.420 e. The number of hydrogen-bond acceptors (Lipinski definition) is 4. The Morgan fingerprint density at radius 2 is 1.97 bits per heavy atom. The highest BCUT2D eigenvalue weighted by Gasteiger charge is 2.23. The predicted molar refractivity (Wildman–Crippen MR) is 113 cm³/mol. The van der Waals surface area contributed by atoms with Crippen LogP contribution in [-0.2, 0) is 24.4 Å². The molecule has 0 bridgehead atoms. The van der Waals surface area contributed by atoms with E-state index < -0.39 is 5.76 Å². The molecule has 30 heavy (non-hydrogen) atoms. The molecular weight excluding hydrogens is 404 g/mol. The minimum absolute atomic E-state index is 0.0988. The van der Waals surface area contributed by atoms with Gasteiger partial charge in [0.05, 0.1) is 17.8 Å². The average molecular weight is 423 g/mol. The second-order valence-electron chi connectivity index (χ2n) is 7.34. The summed E-state index contributed by atoms with van der Waals surface area (Å²) in [7, 11) is 0. The van der Waals surface area contributed by atoms with Gasteiger partial charge in [0.25, 0.3) is 0 Å². The fourth-order valence-corrected chi connectivity index (χ4v) is 4.00. The summed E-state index contributed by atoms with van der Waals surface area (Å²) in [6.45, 7) is 1.70. The summed E-state index contributed by atoms with van der Waals surface area (Å²) in [5.74, 6) is 0.118. The summed E-state index contributed by atoms with van der Waals surface area (Å²) in [6.07, 6.45) is 2.85. The maximum absolute atomic E-state index is 13.0. The molecule has 0 radical (unpaired) electrons. The highest BCUT2D eigenvalue weighted by Crippen LogP contribution is 2.22. The van der Waals surface area contributed by atoms with Crippen LogP contribution in [0.3, 0.4) is 0 Å². The summed E-state index contributed by atoms with van der Waals surface area (Å²) in [4.78, 5) is 31.8. The van der Waals surface area contributed by atoms with Crippen LogP contribution in [0.4, 0.5) is 0 Å². The minimum Gasteiger partial charge on any atom is -0.408 e. The predicted octanol–water partition coefficient (Wildman–Crippen LogP) is 3.54. The first-order valence-electron chi connectivity index (χ1n) is 9.76. The number of aromatic nitrogens is 3. The molecule has 2 aromatic heterocycles. The average Bonchev–Trinajstić information content (AvgIpc) is 3.21. The molecule has 1 amide bonds. The zero-order chi connectivity index (χ0) is 20.7. The molecule has 0 unspecified atom stereocenters. The number of fused-ring (bicyclic) bond motifs is 2. The molecular formula is C22H19ClN4O3. The monoisotopic (exact) mass is 422 g/mol. The first kappa shape index (κ1) is 18.7. The van der Waals surface area contributed by atoms with Crippen molar-refractivity contribution >= 4 is 28.6 Å². The first-order chi connectivity index (χ1) is 14.6. The molecule has 0 N–H and O–H groups in total. The molecule has 5 rings (SSSR count). The molecule has 0 spiro atoms. The standard InChI is InChI=1S/C22H19ClN4O3/c23-16-7-8-19-18(11-16)27(22(29)30-19)14-21(28)26-10-4-9-25-12-17(24-20(25)13-26)15-5-2-1-3-6-15/h1-3,5-8,11-12H,4,9-10,13-14H2. The lowest BCUT2D eigenvalue weighted by Crippen LogP contribution is -2.35. The van der Waals surface area contributed by atoms with E-state index in [-0.39, 0.29) is 12.5 Å². The number of carbonyl (C=O) groups is 1. The first-order valence-corrected chi connectivity index (χ1v) is 10.1. The van der Waals surface area contributed by atoms with Crippen molar-refractivity contribution in [3.8, 4) is 11.3 Å². The van der Waals surface area contributed by atoms with Crippen LogP contribution in [0, 0.1) is 0 Å². The number of amides is 1. The molecule has 1 aliphatic heterocycles. The van der Waals surface area contributed by atoms with Crippen LogP contribution in [0.25, 0.3) is 22.4 Å². The molecule has 0 atom stereocenters. The van der Waals surface area contributed by atoms with Gasteiger partial charge in [0, 0.05) is 29.9 Å². The van der Waals surface area contributed by atoms with Crippen LogP contribution >= 0.6 is 11.6 Å². The summed E-state index contributed by atoms with van der Waals surface area (Å²) >= 11 is 6.05. The number of benzene rings is 2. The number of hydrogen-bond donors (Lipinski definition) is 0. The zero-order valence-corrected chi connectivity index (χ0v) is 16.9. The van der Waals surface area contributed by atoms with Crippen molar-refractivity contribution in [2.24, 2.45) is 0 Å². The van der Waals surface area contributed by atoms with Crippen LogP contribution in [-0.4, -0.2) is 31.5 Å². The summed E-state index contributed by atoms with van der Waals surface area (Å²) in [5, 5.41) is 0.481. The molecule has 0 fully saturated rings. The largest absolute Gasteiger partial charge is 0.420 e. The van der Waals surface area contributed by atoms with E-state index in [1.54, 1.807) is 23.1 Å². The Morgan fingerprint density at radius 1 is 1.13 bits per heavy atom. The third-order valence-corrected chi connectivity index (χ3v) is 5.60. The van der Waals surface area contributed by atoms with E-state index in [1.807, 2.05) is 36.5 Å². The number of rotatable bonds is 3. The van der Waals surface area contributed by atoms with Crippen LogP contribution in [0.5, 0.6) is 0 Å². The van der Waals surface area contributed by atoms with Gasteiger partial charge in [-0.3, -0.25) is 9.36 Å². The van der Waals surface area contributed by atoms with Gasteiger partial charge < -0.3 is 13.9 Å². The van der Waals surface area contributed by atoms with Crippen LogP contribution in [0.15, 0.2) is 63.9 Å². The second kappa shape index (κ2) is 7.50. The molecule has 0 aliphatic carbocycles. The van der Waals surface area contributed by atoms with Crippen molar-refractivity contribution in [2.75, 3.05) is 6.54 Å². The maximum atomic E-state index is 13.0. The number of halogens is 1. The van der Waals surface area contributed by atoms with Gasteiger partial charge >= 0.3 is 5.76 Å². The fourth-order valence-electron chi connectivity index (χ4n) is 3.84. The molecule has 3 heterocycles. The van der Waals surface area contributed by atoms with E-state index in [4.69, 9.17) is 21.0 Å². The van der Waals surface area contributed by atoms with Crippen molar-refractivity contribution in [3.05, 3.63) is 76.1 Å². The van der Waals surface area contributed by atoms with Crippen molar-refractivity contribution in [1.82, 2.24) is 19.0 Å². The summed E-state index contributed by atoms with van der Waals surface area (Å²) in [5.41, 5.74) is 2.87. The van der Waals surface area contributed by atoms with E-state index in [9.17, 15) is 9.59 Å². The Balaban J connectivity index is 1.40. The Labute approximate surface area is 177 Å². The SMILES string of the molecule is O=C(Cn1c(=O)oc2ccc(Cl)cc21)N1CCCn2cc(-c3ccccc3)nc2C1. The quantitative estimate of drug-likeness (QED) is 0.506. The molecule has 7 nitrogen and oxygen atoms in total. The number of carbonyl (C=O) groups excluding carboxylic acids is 1. The highest BCUT2D eigenvalue weighted by molar-refractivity contribution is 6.31. The van der Waals surface area contributed by atoms with Gasteiger partial charge in [-0.1, -0.05) is 41.9 Å². The molecule has 0 saturated carbocycles. The van der Waals surface area contributed by atoms with Gasteiger partial charge in [-0.25, -0.2) is 9.78 Å². The van der Waals surface area contributed by atoms with Gasteiger partial charge in [0.2, 0.25) is 5.91 Å². The van der Waals surface area contributed by atoms with Gasteiger partial charge in [0.15, 0.2) is 5.58 Å². The van der Waals surface area contributed by atoms with Gasteiger partial charge in [0.1, 0.15) is 12.4 Å². The zero-order valence-electron chi connectivity index (χ0n) is 16.1. The Kier molecular flexibility index (Phi) is 4.67. The molecule has 2 aromatic carbocycles. The normalized spacial score (nSPS) is 14.0.